The van der Waals surface area contributed by atoms with Crippen LogP contribution in [0.1, 0.15) is 43.5 Å². The third kappa shape index (κ3) is 4.63. The number of carbonyl (C=O) groups is 2. The molecule has 3 N–H and O–H groups in total. The molecule has 0 atom stereocenters. The first kappa shape index (κ1) is 18.4. The number of para-hydroxylation sites is 1. The van der Waals surface area contributed by atoms with Gasteiger partial charge in [0.15, 0.2) is 5.16 Å². The zero-order valence-electron chi connectivity index (χ0n) is 14.8. The Kier molecular flexibility index (Phi) is 5.92. The van der Waals surface area contributed by atoms with Crippen LogP contribution in [0, 0.1) is 0 Å². The maximum atomic E-state index is 12.3. The zero-order chi connectivity index (χ0) is 18.5. The van der Waals surface area contributed by atoms with Crippen LogP contribution in [0.2, 0.25) is 0 Å². The van der Waals surface area contributed by atoms with Gasteiger partial charge in [0.25, 0.3) is 0 Å². The van der Waals surface area contributed by atoms with Gasteiger partial charge in [-0.2, -0.15) is 0 Å². The molecule has 138 valence electrons. The number of hydrogen-bond acceptors (Lipinski definition) is 5. The normalized spacial score (nSPS) is 13.6. The fourth-order valence-corrected chi connectivity index (χ4v) is 3.52. The summed E-state index contributed by atoms with van der Waals surface area (Å²) >= 11 is 1.33. The Morgan fingerprint density at radius 3 is 2.77 bits per heavy atom. The first-order valence-corrected chi connectivity index (χ1v) is 9.79. The molecule has 1 fully saturated rings. The largest absolute Gasteiger partial charge is 0.370 e. The Morgan fingerprint density at radius 1 is 1.31 bits per heavy atom. The van der Waals surface area contributed by atoms with E-state index in [2.05, 4.69) is 22.4 Å². The molecule has 0 unspecified atom stereocenters. The molecule has 2 amide bonds. The van der Waals surface area contributed by atoms with Crippen molar-refractivity contribution in [3.8, 4) is 0 Å². The summed E-state index contributed by atoms with van der Waals surface area (Å²) in [5.41, 5.74) is 7.22. The third-order valence-corrected chi connectivity index (χ3v) is 5.24. The Labute approximate surface area is 156 Å². The number of aryl methyl sites for hydroxylation is 1. The van der Waals surface area contributed by atoms with Crippen molar-refractivity contribution in [3.05, 3.63) is 35.7 Å². The van der Waals surface area contributed by atoms with Gasteiger partial charge in [0.2, 0.25) is 11.8 Å². The number of nitrogens with two attached hydrogens (primary N) is 1. The monoisotopic (exact) mass is 373 g/mol. The minimum absolute atomic E-state index is 0.0895. The second-order valence-electron chi connectivity index (χ2n) is 6.33. The number of thioether (sulfide) groups is 1. The van der Waals surface area contributed by atoms with E-state index in [1.807, 2.05) is 28.8 Å². The average molecular weight is 373 g/mol. The first-order chi connectivity index (χ1) is 12.6. The smallest absolute Gasteiger partial charge is 0.234 e. The number of aromatic nitrogens is 3. The van der Waals surface area contributed by atoms with Crippen LogP contribution in [0.25, 0.3) is 0 Å². The quantitative estimate of drug-likeness (QED) is 0.657. The molecule has 1 aliphatic rings. The summed E-state index contributed by atoms with van der Waals surface area (Å²) in [4.78, 5) is 23.5. The minimum atomic E-state index is -0.356. The van der Waals surface area contributed by atoms with Crippen molar-refractivity contribution in [2.24, 2.45) is 5.73 Å². The molecule has 0 bridgehead atoms. The highest BCUT2D eigenvalue weighted by molar-refractivity contribution is 7.99. The predicted molar refractivity (Wildman–Crippen MR) is 101 cm³/mol. The number of primary amides is 1. The van der Waals surface area contributed by atoms with Crippen LogP contribution in [0.5, 0.6) is 0 Å². The molecule has 26 heavy (non-hydrogen) atoms. The van der Waals surface area contributed by atoms with Crippen LogP contribution >= 0.6 is 11.8 Å². The Balaban J connectivity index is 1.63. The number of benzene rings is 1. The molecule has 0 saturated heterocycles. The van der Waals surface area contributed by atoms with Gasteiger partial charge in [-0.1, -0.05) is 36.9 Å². The van der Waals surface area contributed by atoms with Crippen molar-refractivity contribution in [1.29, 1.82) is 0 Å². The Morgan fingerprint density at radius 2 is 2.08 bits per heavy atom. The van der Waals surface area contributed by atoms with Gasteiger partial charge in [0, 0.05) is 24.6 Å². The van der Waals surface area contributed by atoms with Crippen LogP contribution in [-0.4, -0.2) is 32.3 Å². The second kappa shape index (κ2) is 8.35. The maximum Gasteiger partial charge on any atom is 0.234 e. The summed E-state index contributed by atoms with van der Waals surface area (Å²) in [6.07, 6.45) is 3.28. The number of carbonyl (C=O) groups excluding carboxylic acids is 2. The topological polar surface area (TPSA) is 103 Å². The zero-order valence-corrected chi connectivity index (χ0v) is 15.6. The van der Waals surface area contributed by atoms with E-state index in [0.29, 0.717) is 17.6 Å². The number of amides is 2. The summed E-state index contributed by atoms with van der Waals surface area (Å²) in [6, 6.07) is 7.78. The first-order valence-electron chi connectivity index (χ1n) is 8.80. The van der Waals surface area contributed by atoms with Crippen LogP contribution in [0.3, 0.4) is 0 Å². The number of nitrogens with zero attached hydrogens (tertiary/aromatic N) is 3. The molecule has 3 rings (SSSR count). The number of hydrogen-bond donors (Lipinski definition) is 2. The summed E-state index contributed by atoms with van der Waals surface area (Å²) < 4.78 is 1.93. The number of nitrogens with one attached hydrogen (secondary N) is 1. The molecule has 2 aromatic rings. The third-order valence-electron chi connectivity index (χ3n) is 4.27. The summed E-state index contributed by atoms with van der Waals surface area (Å²) in [6.45, 7) is 2.51. The summed E-state index contributed by atoms with van der Waals surface area (Å²) in [5, 5.41) is 12.1. The molecule has 0 spiro atoms. The van der Waals surface area contributed by atoms with Crippen LogP contribution in [0.15, 0.2) is 29.4 Å². The molecule has 0 aliphatic heterocycles. The fraction of sp³-hybridized carbons (Fsp3) is 0.444. The standard InChI is InChI=1S/C18H23N5O2S/c1-2-12-5-3-4-6-14(12)20-16(25)11-26-18-22-21-17(13-7-8-13)23(18)10-9-15(19)24/h3-6,13H,2,7-11H2,1H3,(H2,19,24)(H,20,25). The van der Waals surface area contributed by atoms with E-state index in [-0.39, 0.29) is 24.0 Å². The molecular formula is C18H23N5O2S. The lowest BCUT2D eigenvalue weighted by atomic mass is 10.1. The van der Waals surface area contributed by atoms with E-state index in [0.717, 1.165) is 36.3 Å². The highest BCUT2D eigenvalue weighted by Crippen LogP contribution is 2.40. The molecule has 1 aromatic carbocycles. The van der Waals surface area contributed by atoms with Crippen LogP contribution < -0.4 is 11.1 Å². The Bertz CT molecular complexity index is 801. The van der Waals surface area contributed by atoms with Gasteiger partial charge in [0.1, 0.15) is 5.82 Å². The molecule has 1 aliphatic carbocycles. The molecule has 1 aromatic heterocycles. The van der Waals surface area contributed by atoms with Gasteiger partial charge in [-0.3, -0.25) is 9.59 Å². The van der Waals surface area contributed by atoms with Crippen LogP contribution in [-0.2, 0) is 22.6 Å². The Hall–Kier alpha value is -2.35. The van der Waals surface area contributed by atoms with E-state index in [1.54, 1.807) is 0 Å². The van der Waals surface area contributed by atoms with Gasteiger partial charge in [0.05, 0.1) is 5.75 Å². The van der Waals surface area contributed by atoms with Crippen molar-refractivity contribution >= 4 is 29.3 Å². The summed E-state index contributed by atoms with van der Waals surface area (Å²) in [7, 11) is 0. The van der Waals surface area contributed by atoms with Gasteiger partial charge >= 0.3 is 0 Å². The van der Waals surface area contributed by atoms with Gasteiger partial charge in [-0.15, -0.1) is 10.2 Å². The molecule has 8 heteroatoms. The van der Waals surface area contributed by atoms with E-state index in [9.17, 15) is 9.59 Å². The molecule has 1 saturated carbocycles. The summed E-state index contributed by atoms with van der Waals surface area (Å²) in [5.74, 6) is 1.09. The van der Waals surface area contributed by atoms with Crippen molar-refractivity contribution in [1.82, 2.24) is 14.8 Å². The number of rotatable bonds is 9. The van der Waals surface area contributed by atoms with Gasteiger partial charge in [-0.25, -0.2) is 0 Å². The van der Waals surface area contributed by atoms with Crippen molar-refractivity contribution in [3.63, 3.8) is 0 Å². The second-order valence-corrected chi connectivity index (χ2v) is 7.27. The van der Waals surface area contributed by atoms with E-state index < -0.39 is 0 Å². The van der Waals surface area contributed by atoms with Crippen molar-refractivity contribution < 1.29 is 9.59 Å². The van der Waals surface area contributed by atoms with E-state index in [1.165, 1.54) is 11.8 Å². The lowest BCUT2D eigenvalue weighted by Crippen LogP contribution is -2.17. The molecule has 7 nitrogen and oxygen atoms in total. The predicted octanol–water partition coefficient (Wildman–Crippen LogP) is 2.32. The molecule has 1 heterocycles. The van der Waals surface area contributed by atoms with E-state index in [4.69, 9.17) is 5.73 Å². The fourth-order valence-electron chi connectivity index (χ4n) is 2.75. The average Bonchev–Trinajstić information content (AvgIpc) is 3.39. The van der Waals surface area contributed by atoms with Crippen molar-refractivity contribution in [2.75, 3.05) is 11.1 Å². The lowest BCUT2D eigenvalue weighted by molar-refractivity contribution is -0.118. The highest BCUT2D eigenvalue weighted by atomic mass is 32.2. The van der Waals surface area contributed by atoms with E-state index >= 15 is 0 Å². The van der Waals surface area contributed by atoms with Crippen LogP contribution in [0.4, 0.5) is 5.69 Å². The van der Waals surface area contributed by atoms with Gasteiger partial charge < -0.3 is 15.6 Å². The molecule has 0 radical (unpaired) electrons. The highest BCUT2D eigenvalue weighted by Gasteiger charge is 2.30. The maximum absolute atomic E-state index is 12.3. The molecular weight excluding hydrogens is 350 g/mol. The van der Waals surface area contributed by atoms with Crippen molar-refractivity contribution in [2.45, 2.75) is 50.2 Å². The van der Waals surface area contributed by atoms with Gasteiger partial charge in [-0.05, 0) is 30.9 Å². The SMILES string of the molecule is CCc1ccccc1NC(=O)CSc1nnc(C2CC2)n1CCC(N)=O. The minimum Gasteiger partial charge on any atom is -0.370 e. The lowest BCUT2D eigenvalue weighted by Gasteiger charge is -2.10. The number of anilines is 1.